The van der Waals surface area contributed by atoms with E-state index in [4.69, 9.17) is 4.74 Å². The van der Waals surface area contributed by atoms with Crippen molar-refractivity contribution in [3.63, 3.8) is 0 Å². The van der Waals surface area contributed by atoms with Gasteiger partial charge in [-0.15, -0.1) is 11.8 Å². The monoisotopic (exact) mass is 116 g/mol. The van der Waals surface area contributed by atoms with Gasteiger partial charge in [0.2, 0.25) is 0 Å². The minimum atomic E-state index is 0.366. The number of thioether (sulfide) groups is 1. The number of rotatable bonds is 0. The Morgan fingerprint density at radius 2 is 2.71 bits per heavy atom. The van der Waals surface area contributed by atoms with Gasteiger partial charge in [-0.2, -0.15) is 0 Å². The van der Waals surface area contributed by atoms with Gasteiger partial charge in [0.15, 0.2) is 0 Å². The standard InChI is InChI=1S/C5H8OS/c1-5-6-3-2-4-7-5/h2-3,5H,4H2,1H3. The second-order valence-electron chi connectivity index (χ2n) is 1.41. The molecule has 0 N–H and O–H groups in total. The van der Waals surface area contributed by atoms with Crippen molar-refractivity contribution in [2.45, 2.75) is 12.4 Å². The lowest BCUT2D eigenvalue weighted by Gasteiger charge is -2.12. The minimum Gasteiger partial charge on any atom is -0.488 e. The predicted octanol–water partition coefficient (Wildman–Crippen LogP) is 1.61. The summed E-state index contributed by atoms with van der Waals surface area (Å²) < 4.78 is 5.06. The van der Waals surface area contributed by atoms with E-state index in [1.807, 2.05) is 24.8 Å². The Labute approximate surface area is 47.7 Å². The fraction of sp³-hybridized carbons (Fsp3) is 0.600. The van der Waals surface area contributed by atoms with E-state index in [1.165, 1.54) is 0 Å². The fourth-order valence-corrected chi connectivity index (χ4v) is 1.04. The van der Waals surface area contributed by atoms with Crippen LogP contribution >= 0.6 is 11.8 Å². The van der Waals surface area contributed by atoms with Crippen LogP contribution in [-0.2, 0) is 4.74 Å². The zero-order valence-corrected chi connectivity index (χ0v) is 5.07. The van der Waals surface area contributed by atoms with Gasteiger partial charge in [0.25, 0.3) is 0 Å². The van der Waals surface area contributed by atoms with Gasteiger partial charge in [-0.1, -0.05) is 0 Å². The summed E-state index contributed by atoms with van der Waals surface area (Å²) >= 11 is 1.81. The van der Waals surface area contributed by atoms with Crippen LogP contribution < -0.4 is 0 Å². The Kier molecular flexibility index (Phi) is 1.63. The van der Waals surface area contributed by atoms with Crippen LogP contribution in [0.4, 0.5) is 0 Å². The summed E-state index contributed by atoms with van der Waals surface area (Å²) in [5.74, 6) is 1.10. The highest BCUT2D eigenvalue weighted by molar-refractivity contribution is 7.99. The van der Waals surface area contributed by atoms with Gasteiger partial charge >= 0.3 is 0 Å². The average molecular weight is 116 g/mol. The van der Waals surface area contributed by atoms with Crippen LogP contribution in [0.1, 0.15) is 6.92 Å². The molecule has 0 saturated heterocycles. The van der Waals surface area contributed by atoms with Crippen molar-refractivity contribution in [2.75, 3.05) is 5.75 Å². The quantitative estimate of drug-likeness (QED) is 0.475. The molecule has 7 heavy (non-hydrogen) atoms. The van der Waals surface area contributed by atoms with Crippen LogP contribution in [0.15, 0.2) is 12.3 Å². The van der Waals surface area contributed by atoms with Gasteiger partial charge in [0, 0.05) is 5.75 Å². The molecule has 0 aliphatic carbocycles. The van der Waals surface area contributed by atoms with Crippen molar-refractivity contribution in [1.82, 2.24) is 0 Å². The molecule has 1 aliphatic heterocycles. The molecule has 1 rings (SSSR count). The normalized spacial score (nSPS) is 29.6. The SMILES string of the molecule is CC1OC=CCS1. The van der Waals surface area contributed by atoms with Crippen LogP contribution in [0.25, 0.3) is 0 Å². The van der Waals surface area contributed by atoms with Gasteiger partial charge in [0.1, 0.15) is 5.44 Å². The number of hydrogen-bond acceptors (Lipinski definition) is 2. The first kappa shape index (κ1) is 5.04. The Bertz CT molecular complexity index is 80.1. The lowest BCUT2D eigenvalue weighted by molar-refractivity contribution is 0.235. The second kappa shape index (κ2) is 2.26. The topological polar surface area (TPSA) is 9.23 Å². The first-order valence-electron chi connectivity index (χ1n) is 2.31. The maximum absolute atomic E-state index is 5.06. The van der Waals surface area contributed by atoms with Crippen LogP contribution in [-0.4, -0.2) is 11.2 Å². The van der Waals surface area contributed by atoms with E-state index in [0.29, 0.717) is 5.44 Å². The molecule has 0 aromatic carbocycles. The maximum atomic E-state index is 5.06. The van der Waals surface area contributed by atoms with E-state index < -0.39 is 0 Å². The molecule has 1 unspecified atom stereocenters. The van der Waals surface area contributed by atoms with E-state index in [2.05, 4.69) is 0 Å². The Hall–Kier alpha value is -0.110. The predicted molar refractivity (Wildman–Crippen MR) is 32.1 cm³/mol. The Morgan fingerprint density at radius 3 is 3.00 bits per heavy atom. The molecular formula is C5H8OS. The third-order valence-corrected chi connectivity index (χ3v) is 1.76. The lowest BCUT2D eigenvalue weighted by Crippen LogP contribution is -2.01. The van der Waals surface area contributed by atoms with Crippen molar-refractivity contribution < 1.29 is 4.74 Å². The third kappa shape index (κ3) is 1.43. The highest BCUT2D eigenvalue weighted by atomic mass is 32.2. The molecule has 1 heterocycles. The molecule has 2 heteroatoms. The van der Waals surface area contributed by atoms with Crippen molar-refractivity contribution >= 4 is 11.8 Å². The highest BCUT2D eigenvalue weighted by Crippen LogP contribution is 2.15. The van der Waals surface area contributed by atoms with E-state index in [1.54, 1.807) is 6.26 Å². The first-order chi connectivity index (χ1) is 3.39. The van der Waals surface area contributed by atoms with Crippen LogP contribution in [0.2, 0.25) is 0 Å². The van der Waals surface area contributed by atoms with Gasteiger partial charge in [-0.3, -0.25) is 0 Å². The van der Waals surface area contributed by atoms with Gasteiger partial charge in [-0.05, 0) is 13.0 Å². The van der Waals surface area contributed by atoms with Crippen molar-refractivity contribution in [2.24, 2.45) is 0 Å². The maximum Gasteiger partial charge on any atom is 0.141 e. The molecule has 1 nitrogen and oxygen atoms in total. The molecule has 1 aliphatic rings. The molecule has 0 spiro atoms. The molecule has 0 amide bonds. The smallest absolute Gasteiger partial charge is 0.141 e. The first-order valence-corrected chi connectivity index (χ1v) is 3.36. The van der Waals surface area contributed by atoms with Crippen molar-refractivity contribution in [3.05, 3.63) is 12.3 Å². The zero-order valence-electron chi connectivity index (χ0n) is 4.26. The average Bonchev–Trinajstić information content (AvgIpc) is 1.69. The van der Waals surface area contributed by atoms with Gasteiger partial charge in [0.05, 0.1) is 6.26 Å². The third-order valence-electron chi connectivity index (χ3n) is 0.794. The molecule has 40 valence electrons. The van der Waals surface area contributed by atoms with Crippen LogP contribution in [0.5, 0.6) is 0 Å². The van der Waals surface area contributed by atoms with Crippen LogP contribution in [0.3, 0.4) is 0 Å². The van der Waals surface area contributed by atoms with Crippen molar-refractivity contribution in [1.29, 1.82) is 0 Å². The molecular weight excluding hydrogens is 108 g/mol. The highest BCUT2D eigenvalue weighted by Gasteiger charge is 2.01. The van der Waals surface area contributed by atoms with E-state index in [9.17, 15) is 0 Å². The molecule has 1 atom stereocenters. The van der Waals surface area contributed by atoms with E-state index in [-0.39, 0.29) is 0 Å². The molecule has 0 radical (unpaired) electrons. The fourth-order valence-electron chi connectivity index (χ4n) is 0.436. The second-order valence-corrected chi connectivity index (χ2v) is 2.74. The molecule has 0 fully saturated rings. The molecule has 0 aromatic heterocycles. The van der Waals surface area contributed by atoms with E-state index >= 15 is 0 Å². The Balaban J connectivity index is 2.32. The molecule has 0 aromatic rings. The minimum absolute atomic E-state index is 0.366. The van der Waals surface area contributed by atoms with Crippen molar-refractivity contribution in [3.8, 4) is 0 Å². The zero-order chi connectivity index (χ0) is 5.11. The summed E-state index contributed by atoms with van der Waals surface area (Å²) in [5.41, 5.74) is 0.366. The summed E-state index contributed by atoms with van der Waals surface area (Å²) in [4.78, 5) is 0. The molecule has 0 bridgehead atoms. The summed E-state index contributed by atoms with van der Waals surface area (Å²) in [7, 11) is 0. The summed E-state index contributed by atoms with van der Waals surface area (Å²) in [6, 6.07) is 0. The Morgan fingerprint density at radius 1 is 1.86 bits per heavy atom. The van der Waals surface area contributed by atoms with Gasteiger partial charge in [-0.25, -0.2) is 0 Å². The van der Waals surface area contributed by atoms with E-state index in [0.717, 1.165) is 5.75 Å². The number of hydrogen-bond donors (Lipinski definition) is 0. The summed E-state index contributed by atoms with van der Waals surface area (Å²) in [5, 5.41) is 0. The largest absolute Gasteiger partial charge is 0.488 e. The van der Waals surface area contributed by atoms with Gasteiger partial charge < -0.3 is 4.74 Å². The van der Waals surface area contributed by atoms with Crippen LogP contribution in [0, 0.1) is 0 Å². The summed E-state index contributed by atoms with van der Waals surface area (Å²) in [6.07, 6.45) is 3.78. The molecule has 0 saturated carbocycles. The lowest BCUT2D eigenvalue weighted by atomic mass is 10.7. The summed E-state index contributed by atoms with van der Waals surface area (Å²) in [6.45, 7) is 2.05. The number of ether oxygens (including phenoxy) is 1.